The van der Waals surface area contributed by atoms with Crippen LogP contribution in [0.4, 0.5) is 0 Å². The second-order valence-corrected chi connectivity index (χ2v) is 3.39. The van der Waals surface area contributed by atoms with Gasteiger partial charge in [-0.2, -0.15) is 11.3 Å². The number of hydrogen-bond donors (Lipinski definition) is 0. The van der Waals surface area contributed by atoms with Gasteiger partial charge in [-0.05, 0) is 22.4 Å². The van der Waals surface area contributed by atoms with E-state index in [1.54, 1.807) is 0 Å². The Hall–Kier alpha value is -1.16. The van der Waals surface area contributed by atoms with Crippen LogP contribution in [-0.2, 0) is 14.3 Å². The van der Waals surface area contributed by atoms with Crippen LogP contribution >= 0.6 is 11.3 Å². The van der Waals surface area contributed by atoms with E-state index in [0.717, 1.165) is 5.56 Å². The van der Waals surface area contributed by atoms with Crippen molar-refractivity contribution in [3.05, 3.63) is 22.4 Å². The van der Waals surface area contributed by atoms with Crippen molar-refractivity contribution < 1.29 is 14.3 Å². The lowest BCUT2D eigenvalue weighted by molar-refractivity contribution is -0.152. The van der Waals surface area contributed by atoms with E-state index in [2.05, 4.69) is 4.74 Å². The smallest absolute Gasteiger partial charge is 0.321 e. The van der Waals surface area contributed by atoms with Gasteiger partial charge in [-0.25, -0.2) is 0 Å². The number of rotatable bonds is 1. The predicted molar refractivity (Wildman–Crippen MR) is 42.8 cm³/mol. The molecule has 1 saturated heterocycles. The van der Waals surface area contributed by atoms with Gasteiger partial charge in [0.2, 0.25) is 0 Å². The van der Waals surface area contributed by atoms with E-state index in [1.165, 1.54) is 11.3 Å². The van der Waals surface area contributed by atoms with Crippen molar-refractivity contribution in [3.8, 4) is 0 Å². The Balaban J connectivity index is 2.26. The van der Waals surface area contributed by atoms with Crippen molar-refractivity contribution in [2.75, 3.05) is 0 Å². The molecule has 0 aromatic carbocycles. The third kappa shape index (κ3) is 1.14. The minimum absolute atomic E-state index is 0.190. The van der Waals surface area contributed by atoms with Gasteiger partial charge in [0.25, 0.3) is 0 Å². The van der Waals surface area contributed by atoms with Crippen molar-refractivity contribution >= 4 is 23.3 Å². The summed E-state index contributed by atoms with van der Waals surface area (Å²) < 4.78 is 4.42. The van der Waals surface area contributed by atoms with Crippen molar-refractivity contribution in [2.24, 2.45) is 0 Å². The maximum atomic E-state index is 11.0. The van der Waals surface area contributed by atoms with Crippen LogP contribution in [0.5, 0.6) is 0 Å². The normalized spacial score (nSPS) is 22.8. The molecule has 0 amide bonds. The van der Waals surface area contributed by atoms with Crippen LogP contribution in [0.25, 0.3) is 0 Å². The molecule has 2 heterocycles. The van der Waals surface area contributed by atoms with Gasteiger partial charge in [-0.15, -0.1) is 0 Å². The third-order valence-corrected chi connectivity index (χ3v) is 2.52. The van der Waals surface area contributed by atoms with Gasteiger partial charge in [-0.3, -0.25) is 9.59 Å². The molecular formula is C8H6O3S. The van der Waals surface area contributed by atoms with Crippen molar-refractivity contribution in [2.45, 2.75) is 12.3 Å². The molecule has 1 aromatic heterocycles. The lowest BCUT2D eigenvalue weighted by Gasteiger charge is -1.98. The number of ether oxygens (including phenoxy) is 1. The predicted octanol–water partition coefficient (Wildman–Crippen LogP) is 1.31. The molecule has 1 atom stereocenters. The molecule has 1 aliphatic heterocycles. The van der Waals surface area contributed by atoms with E-state index in [9.17, 15) is 9.59 Å². The Morgan fingerprint density at radius 2 is 2.33 bits per heavy atom. The Labute approximate surface area is 73.0 Å². The minimum Gasteiger partial charge on any atom is -0.393 e. The van der Waals surface area contributed by atoms with Gasteiger partial charge in [0.15, 0.2) is 0 Å². The highest BCUT2D eigenvalue weighted by Crippen LogP contribution is 2.28. The van der Waals surface area contributed by atoms with Crippen LogP contribution in [0.3, 0.4) is 0 Å². The van der Waals surface area contributed by atoms with Gasteiger partial charge in [0, 0.05) is 0 Å². The first-order valence-corrected chi connectivity index (χ1v) is 4.48. The molecule has 0 radical (unpaired) electrons. The van der Waals surface area contributed by atoms with Crippen LogP contribution in [0.15, 0.2) is 16.8 Å². The molecule has 0 N–H and O–H groups in total. The van der Waals surface area contributed by atoms with Gasteiger partial charge < -0.3 is 4.74 Å². The molecule has 4 heteroatoms. The summed E-state index contributed by atoms with van der Waals surface area (Å²) in [5.74, 6) is -1.20. The van der Waals surface area contributed by atoms with E-state index in [-0.39, 0.29) is 12.3 Å². The highest BCUT2D eigenvalue weighted by atomic mass is 32.1. The molecule has 0 saturated carbocycles. The van der Waals surface area contributed by atoms with Crippen LogP contribution in [0, 0.1) is 0 Å². The summed E-state index contributed by atoms with van der Waals surface area (Å²) >= 11 is 1.51. The highest BCUT2D eigenvalue weighted by molar-refractivity contribution is 7.08. The number of thiophene rings is 1. The summed E-state index contributed by atoms with van der Waals surface area (Å²) in [7, 11) is 0. The minimum atomic E-state index is -0.420. The van der Waals surface area contributed by atoms with E-state index in [1.807, 2.05) is 16.8 Å². The number of hydrogen-bond acceptors (Lipinski definition) is 4. The first-order chi connectivity index (χ1) is 5.77. The monoisotopic (exact) mass is 182 g/mol. The maximum absolute atomic E-state index is 11.0. The molecule has 1 aromatic rings. The van der Waals surface area contributed by atoms with Gasteiger partial charge in [0.05, 0.1) is 12.3 Å². The zero-order chi connectivity index (χ0) is 8.55. The zero-order valence-electron chi connectivity index (χ0n) is 6.15. The van der Waals surface area contributed by atoms with Crippen LogP contribution < -0.4 is 0 Å². The summed E-state index contributed by atoms with van der Waals surface area (Å²) in [4.78, 5) is 21.8. The second-order valence-electron chi connectivity index (χ2n) is 2.61. The number of carbonyl (C=O) groups is 2. The standard InChI is InChI=1S/C8H6O3S/c9-7-3-6(8(10)11-7)5-1-2-12-4-5/h1-2,4,6H,3H2. The molecular weight excluding hydrogens is 176 g/mol. The summed E-state index contributed by atoms with van der Waals surface area (Å²) in [6.07, 6.45) is 0.190. The molecule has 1 unspecified atom stereocenters. The molecule has 12 heavy (non-hydrogen) atoms. The summed E-state index contributed by atoms with van der Waals surface area (Å²) in [5, 5.41) is 3.75. The molecule has 0 spiro atoms. The van der Waals surface area contributed by atoms with E-state index < -0.39 is 11.9 Å². The molecule has 0 bridgehead atoms. The summed E-state index contributed by atoms with van der Waals surface area (Å²) in [5.41, 5.74) is 0.885. The Morgan fingerprint density at radius 1 is 1.50 bits per heavy atom. The molecule has 1 aliphatic rings. The first kappa shape index (κ1) is 7.49. The Bertz CT molecular complexity index is 315. The largest absolute Gasteiger partial charge is 0.393 e. The average molecular weight is 182 g/mol. The molecule has 1 fully saturated rings. The topological polar surface area (TPSA) is 43.4 Å². The molecule has 0 aliphatic carbocycles. The molecule has 62 valence electrons. The SMILES string of the molecule is O=C1CC(c2ccsc2)C(=O)O1. The van der Waals surface area contributed by atoms with E-state index >= 15 is 0 Å². The van der Waals surface area contributed by atoms with Crippen molar-refractivity contribution in [3.63, 3.8) is 0 Å². The van der Waals surface area contributed by atoms with Gasteiger partial charge in [0.1, 0.15) is 0 Å². The van der Waals surface area contributed by atoms with Crippen LogP contribution in [0.1, 0.15) is 17.9 Å². The van der Waals surface area contributed by atoms with Crippen molar-refractivity contribution in [1.29, 1.82) is 0 Å². The van der Waals surface area contributed by atoms with E-state index in [4.69, 9.17) is 0 Å². The summed E-state index contributed by atoms with van der Waals surface area (Å²) in [6.45, 7) is 0. The number of carbonyl (C=O) groups excluding carboxylic acids is 2. The summed E-state index contributed by atoms with van der Waals surface area (Å²) in [6, 6.07) is 1.84. The lowest BCUT2D eigenvalue weighted by Crippen LogP contribution is -2.03. The molecule has 3 nitrogen and oxygen atoms in total. The number of esters is 2. The zero-order valence-corrected chi connectivity index (χ0v) is 6.97. The molecule has 2 rings (SSSR count). The van der Waals surface area contributed by atoms with Crippen LogP contribution in [0.2, 0.25) is 0 Å². The highest BCUT2D eigenvalue weighted by Gasteiger charge is 2.34. The van der Waals surface area contributed by atoms with E-state index in [0.29, 0.717) is 0 Å². The lowest BCUT2D eigenvalue weighted by atomic mass is 10.0. The van der Waals surface area contributed by atoms with Gasteiger partial charge in [-0.1, -0.05) is 0 Å². The maximum Gasteiger partial charge on any atom is 0.321 e. The Kier molecular flexibility index (Phi) is 1.69. The van der Waals surface area contributed by atoms with Crippen molar-refractivity contribution in [1.82, 2.24) is 0 Å². The first-order valence-electron chi connectivity index (χ1n) is 3.54. The number of cyclic esters (lactones) is 2. The quantitative estimate of drug-likeness (QED) is 0.485. The fraction of sp³-hybridized carbons (Fsp3) is 0.250. The average Bonchev–Trinajstić information content (AvgIpc) is 2.58. The van der Waals surface area contributed by atoms with Crippen LogP contribution in [-0.4, -0.2) is 11.9 Å². The Morgan fingerprint density at radius 3 is 2.83 bits per heavy atom. The fourth-order valence-corrected chi connectivity index (χ4v) is 1.92. The second kappa shape index (κ2) is 2.71. The van der Waals surface area contributed by atoms with Gasteiger partial charge >= 0.3 is 11.9 Å². The fourth-order valence-electron chi connectivity index (χ4n) is 1.20. The third-order valence-electron chi connectivity index (χ3n) is 1.82.